The zero-order chi connectivity index (χ0) is 23.2. The van der Waals surface area contributed by atoms with Crippen LogP contribution in [-0.4, -0.2) is 56.3 Å². The fraction of sp³-hybridized carbons (Fsp3) is 0.400. The van der Waals surface area contributed by atoms with Crippen molar-refractivity contribution in [2.45, 2.75) is 23.5 Å². The second-order valence-electron chi connectivity index (χ2n) is 4.48. The molecule has 0 amide bonds. The summed E-state index contributed by atoms with van der Waals surface area (Å²) in [5.74, 6) is -2.29. The Bertz CT molecular complexity index is 930. The van der Waals surface area contributed by atoms with Crippen LogP contribution in [0, 0.1) is 6.92 Å². The Morgan fingerprint density at radius 2 is 1.11 bits per heavy atom. The molecule has 18 heteroatoms. The van der Waals surface area contributed by atoms with E-state index in [1.54, 1.807) is 12.1 Å². The van der Waals surface area contributed by atoms with Crippen LogP contribution < -0.4 is 0 Å². The third-order valence-corrected chi connectivity index (χ3v) is 4.03. The van der Waals surface area contributed by atoms with Gasteiger partial charge < -0.3 is 13.7 Å². The van der Waals surface area contributed by atoms with E-state index in [9.17, 15) is 52.3 Å². The summed E-state index contributed by atoms with van der Waals surface area (Å²) in [6.45, 7) is 1.82. The molecule has 0 atom stereocenters. The Labute approximate surface area is 155 Å². The molecular weight excluding hydrogens is 474 g/mol. The van der Waals surface area contributed by atoms with Crippen LogP contribution in [0.4, 0.5) is 26.3 Å². The van der Waals surface area contributed by atoms with Crippen LogP contribution in [0.3, 0.4) is 0 Å². The number of aryl methyl sites for hydroxylation is 1. The monoisotopic (exact) mass is 483 g/mol. The summed E-state index contributed by atoms with van der Waals surface area (Å²) in [5, 5.41) is 0. The van der Waals surface area contributed by atoms with Gasteiger partial charge in [-0.25, -0.2) is 25.3 Å². The number of rotatable bonds is 2. The van der Waals surface area contributed by atoms with Gasteiger partial charge in [-0.1, -0.05) is 17.7 Å². The first-order valence-corrected chi connectivity index (χ1v) is 10.4. The molecule has 0 bridgehead atoms. The molecule has 1 aromatic carbocycles. The van der Waals surface area contributed by atoms with E-state index in [1.807, 2.05) is 6.92 Å². The summed E-state index contributed by atoms with van der Waals surface area (Å²) < 4.78 is 151. The van der Waals surface area contributed by atoms with Gasteiger partial charge >= 0.3 is 11.7 Å². The van der Waals surface area contributed by atoms with Gasteiger partial charge in [-0.3, -0.25) is 0 Å². The van der Waals surface area contributed by atoms with Gasteiger partial charge in [0.15, 0.2) is 10.1 Å². The molecule has 0 aliphatic rings. The lowest BCUT2D eigenvalue weighted by Gasteiger charge is -2.08. The minimum absolute atomic E-state index is 0.178. The SMILES string of the molecule is Cc1ccc(S(=O)(=O)[O-])cc1.O=S(=O)([O-])C(F)(F)F.O=S(=O)([O-])CC(F)(F)F. The number of alkyl halides is 6. The molecule has 0 saturated carbocycles. The van der Waals surface area contributed by atoms with Crippen LogP contribution in [0.15, 0.2) is 29.2 Å². The van der Waals surface area contributed by atoms with Gasteiger partial charge in [-0.15, -0.1) is 0 Å². The molecule has 1 rings (SSSR count). The van der Waals surface area contributed by atoms with E-state index in [1.165, 1.54) is 12.1 Å². The van der Waals surface area contributed by atoms with E-state index in [0.29, 0.717) is 0 Å². The Morgan fingerprint density at radius 3 is 1.25 bits per heavy atom. The number of halogens is 6. The average molecular weight is 483 g/mol. The second kappa shape index (κ2) is 9.83. The van der Waals surface area contributed by atoms with E-state index < -0.39 is 47.8 Å². The normalized spacial score (nSPS) is 12.9. The minimum atomic E-state index is -6.09. The Morgan fingerprint density at radius 1 is 0.786 bits per heavy atom. The summed E-state index contributed by atoms with van der Waals surface area (Å²) in [6, 6.07) is 5.78. The standard InChI is InChI=1S/C7H8O3S.C2H3F3O3S.CHF3O3S/c1-6-2-4-7(5-3-6)11(8,9)10;3-2(4,5)1-9(6,7)8;2-1(3,4)8(5,6)7/h2-5H,1H3,(H,8,9,10);1H2,(H,6,7,8);(H,5,6,7)/p-3. The fourth-order valence-electron chi connectivity index (χ4n) is 0.905. The van der Waals surface area contributed by atoms with Gasteiger partial charge in [0.1, 0.15) is 26.0 Å². The maximum absolute atomic E-state index is 11.0. The molecule has 0 radical (unpaired) electrons. The van der Waals surface area contributed by atoms with Crippen molar-refractivity contribution in [3.05, 3.63) is 29.8 Å². The van der Waals surface area contributed by atoms with E-state index in [-0.39, 0.29) is 4.90 Å². The Balaban J connectivity index is 0. The molecule has 0 saturated heterocycles. The third-order valence-electron chi connectivity index (χ3n) is 1.93. The van der Waals surface area contributed by atoms with E-state index in [2.05, 4.69) is 0 Å². The number of benzene rings is 1. The molecule has 0 spiro atoms. The van der Waals surface area contributed by atoms with Crippen molar-refractivity contribution in [1.82, 2.24) is 0 Å². The highest BCUT2D eigenvalue weighted by atomic mass is 32.2. The molecule has 0 heterocycles. The molecule has 0 aliphatic heterocycles. The van der Waals surface area contributed by atoms with Crippen LogP contribution >= 0.6 is 0 Å². The summed E-state index contributed by atoms with van der Waals surface area (Å²) in [5.41, 5.74) is -4.72. The molecule has 9 nitrogen and oxygen atoms in total. The van der Waals surface area contributed by atoms with Crippen molar-refractivity contribution in [2.75, 3.05) is 5.75 Å². The van der Waals surface area contributed by atoms with Crippen molar-refractivity contribution in [2.24, 2.45) is 0 Å². The highest BCUT2D eigenvalue weighted by Crippen LogP contribution is 2.20. The van der Waals surface area contributed by atoms with Gasteiger partial charge in [0.25, 0.3) is 0 Å². The largest absolute Gasteiger partial charge is 0.748 e. The van der Waals surface area contributed by atoms with E-state index in [4.69, 9.17) is 13.0 Å². The minimum Gasteiger partial charge on any atom is -0.748 e. The quantitative estimate of drug-likeness (QED) is 0.338. The number of hydrogen-bond donors (Lipinski definition) is 0. The first-order valence-electron chi connectivity index (χ1n) is 6.01. The van der Waals surface area contributed by atoms with Crippen LogP contribution in [0.5, 0.6) is 0 Å². The zero-order valence-corrected chi connectivity index (χ0v) is 15.6. The van der Waals surface area contributed by atoms with Crippen molar-refractivity contribution >= 4 is 30.4 Å². The summed E-state index contributed by atoms with van der Waals surface area (Å²) >= 11 is 0. The van der Waals surface area contributed by atoms with Crippen molar-refractivity contribution < 1.29 is 65.3 Å². The maximum Gasteiger partial charge on any atom is 0.485 e. The fourth-order valence-corrected chi connectivity index (χ4v) is 1.78. The maximum atomic E-state index is 11.0. The first-order chi connectivity index (χ1) is 12.0. The van der Waals surface area contributed by atoms with Gasteiger partial charge in [-0.05, 0) is 19.1 Å². The van der Waals surface area contributed by atoms with Crippen LogP contribution in [0.25, 0.3) is 0 Å². The molecule has 1 aromatic rings. The lowest BCUT2D eigenvalue weighted by molar-refractivity contribution is -0.107. The lowest BCUT2D eigenvalue weighted by Crippen LogP contribution is -2.21. The second-order valence-corrected chi connectivity index (χ2v) is 8.64. The molecule has 0 N–H and O–H groups in total. The number of hydrogen-bond acceptors (Lipinski definition) is 9. The lowest BCUT2D eigenvalue weighted by atomic mass is 10.2. The summed E-state index contributed by atoms with van der Waals surface area (Å²) in [6.07, 6.45) is -4.92. The summed E-state index contributed by atoms with van der Waals surface area (Å²) in [4.78, 5) is -0.178. The third kappa shape index (κ3) is 15.6. The van der Waals surface area contributed by atoms with Gasteiger partial charge in [0, 0.05) is 0 Å². The predicted molar refractivity (Wildman–Crippen MR) is 75.5 cm³/mol. The average Bonchev–Trinajstić information content (AvgIpc) is 2.32. The zero-order valence-electron chi connectivity index (χ0n) is 13.2. The van der Waals surface area contributed by atoms with Crippen LogP contribution in [-0.2, 0) is 30.4 Å². The van der Waals surface area contributed by atoms with Crippen molar-refractivity contribution in [3.63, 3.8) is 0 Å². The molecule has 166 valence electrons. The van der Waals surface area contributed by atoms with E-state index in [0.717, 1.165) is 5.56 Å². The first kappa shape index (κ1) is 28.7. The molecule has 28 heavy (non-hydrogen) atoms. The van der Waals surface area contributed by atoms with Crippen LogP contribution in [0.1, 0.15) is 5.56 Å². The van der Waals surface area contributed by atoms with Crippen molar-refractivity contribution in [3.8, 4) is 0 Å². The smallest absolute Gasteiger partial charge is 0.485 e. The Kier molecular flexibility index (Phi) is 10.1. The van der Waals surface area contributed by atoms with Gasteiger partial charge in [-0.2, -0.15) is 26.3 Å². The molecule has 0 aromatic heterocycles. The molecule has 0 unspecified atom stereocenters. The van der Waals surface area contributed by atoms with Gasteiger partial charge in [0.05, 0.1) is 4.90 Å². The highest BCUT2D eigenvalue weighted by Gasteiger charge is 2.36. The van der Waals surface area contributed by atoms with E-state index >= 15 is 0 Å². The molecule has 0 aliphatic carbocycles. The molecular formula is C10H9F6O9S3-3. The predicted octanol–water partition coefficient (Wildman–Crippen LogP) is 1.04. The summed E-state index contributed by atoms with van der Waals surface area (Å²) in [7, 11) is -15.5. The van der Waals surface area contributed by atoms with Gasteiger partial charge in [0.2, 0.25) is 0 Å². The topological polar surface area (TPSA) is 172 Å². The van der Waals surface area contributed by atoms with Crippen LogP contribution in [0.2, 0.25) is 0 Å². The van der Waals surface area contributed by atoms with Crippen molar-refractivity contribution in [1.29, 1.82) is 0 Å². The Hall–Kier alpha value is -1.47. The highest BCUT2D eigenvalue weighted by molar-refractivity contribution is 7.86. The molecule has 0 fully saturated rings.